The highest BCUT2D eigenvalue weighted by Gasteiger charge is 2.32. The van der Waals surface area contributed by atoms with Gasteiger partial charge in [-0.2, -0.15) is 0 Å². The van der Waals surface area contributed by atoms with Crippen molar-refractivity contribution < 1.29 is 22.4 Å². The molecular weight excluding hydrogens is 493 g/mol. The van der Waals surface area contributed by atoms with Gasteiger partial charge in [0, 0.05) is 18.7 Å². The number of carbonyl (C=O) groups is 2. The highest BCUT2D eigenvalue weighted by atomic mass is 32.2. The number of nitrogens with zero attached hydrogens (tertiary/aromatic N) is 2. The molecule has 0 spiro atoms. The van der Waals surface area contributed by atoms with Crippen LogP contribution in [0.4, 0.5) is 10.1 Å². The van der Waals surface area contributed by atoms with Crippen molar-refractivity contribution in [2.24, 2.45) is 0 Å². The molecule has 0 saturated carbocycles. The zero-order valence-electron chi connectivity index (χ0n) is 21.2. The summed E-state index contributed by atoms with van der Waals surface area (Å²) in [6, 6.07) is 19.7. The van der Waals surface area contributed by atoms with E-state index in [0.29, 0.717) is 18.7 Å². The van der Waals surface area contributed by atoms with Crippen LogP contribution in [-0.2, 0) is 26.2 Å². The van der Waals surface area contributed by atoms with Gasteiger partial charge in [-0.1, -0.05) is 55.5 Å². The summed E-state index contributed by atoms with van der Waals surface area (Å²) in [6.45, 7) is 4.93. The van der Waals surface area contributed by atoms with Crippen LogP contribution in [0, 0.1) is 12.7 Å². The first-order valence-electron chi connectivity index (χ1n) is 12.1. The predicted molar refractivity (Wildman–Crippen MR) is 142 cm³/mol. The minimum absolute atomic E-state index is 0.0266. The predicted octanol–water partition coefficient (Wildman–Crippen LogP) is 4.27. The second-order valence-electron chi connectivity index (χ2n) is 8.74. The van der Waals surface area contributed by atoms with Crippen LogP contribution >= 0.6 is 0 Å². The van der Waals surface area contributed by atoms with Crippen LogP contribution in [0.25, 0.3) is 0 Å². The molecule has 0 aliphatic heterocycles. The molecule has 0 fully saturated rings. The fourth-order valence-electron chi connectivity index (χ4n) is 3.82. The Hall–Kier alpha value is -3.72. The summed E-state index contributed by atoms with van der Waals surface area (Å²) in [6.07, 6.45) is 0.705. The average Bonchev–Trinajstić information content (AvgIpc) is 2.89. The monoisotopic (exact) mass is 525 g/mol. The maximum Gasteiger partial charge on any atom is 0.264 e. The molecule has 0 unspecified atom stereocenters. The molecule has 196 valence electrons. The number of halogens is 1. The minimum atomic E-state index is -4.13. The van der Waals surface area contributed by atoms with E-state index in [-0.39, 0.29) is 17.0 Å². The molecule has 37 heavy (non-hydrogen) atoms. The highest BCUT2D eigenvalue weighted by molar-refractivity contribution is 7.92. The van der Waals surface area contributed by atoms with Crippen molar-refractivity contribution in [3.63, 3.8) is 0 Å². The summed E-state index contributed by atoms with van der Waals surface area (Å²) < 4.78 is 42.9. The van der Waals surface area contributed by atoms with Crippen LogP contribution in [0.15, 0.2) is 83.8 Å². The van der Waals surface area contributed by atoms with Crippen molar-refractivity contribution in [2.45, 2.75) is 44.7 Å². The number of sulfonamides is 1. The van der Waals surface area contributed by atoms with Crippen molar-refractivity contribution in [3.05, 3.63) is 95.8 Å². The summed E-state index contributed by atoms with van der Waals surface area (Å²) in [5, 5.41) is 2.76. The van der Waals surface area contributed by atoms with Crippen molar-refractivity contribution in [1.29, 1.82) is 0 Å². The quantitative estimate of drug-likeness (QED) is 0.405. The summed E-state index contributed by atoms with van der Waals surface area (Å²) in [5.74, 6) is -1.56. The first kappa shape index (κ1) is 27.9. The topological polar surface area (TPSA) is 86.8 Å². The van der Waals surface area contributed by atoms with Crippen LogP contribution in [-0.4, -0.2) is 44.3 Å². The van der Waals surface area contributed by atoms with Crippen LogP contribution < -0.4 is 9.62 Å². The normalized spacial score (nSPS) is 12.0. The van der Waals surface area contributed by atoms with Gasteiger partial charge in [-0.25, -0.2) is 12.8 Å². The van der Waals surface area contributed by atoms with Gasteiger partial charge in [0.25, 0.3) is 10.0 Å². The number of aryl methyl sites for hydroxylation is 1. The lowest BCUT2D eigenvalue weighted by Crippen LogP contribution is -2.51. The number of carbonyl (C=O) groups excluding carboxylic acids is 2. The zero-order chi connectivity index (χ0) is 27.0. The number of amides is 2. The smallest absolute Gasteiger partial charge is 0.264 e. The Morgan fingerprint density at radius 1 is 0.973 bits per heavy atom. The van der Waals surface area contributed by atoms with E-state index in [0.717, 1.165) is 9.87 Å². The molecule has 0 bridgehead atoms. The first-order valence-corrected chi connectivity index (χ1v) is 13.5. The summed E-state index contributed by atoms with van der Waals surface area (Å²) >= 11 is 0. The van der Waals surface area contributed by atoms with E-state index in [1.54, 1.807) is 49.4 Å². The van der Waals surface area contributed by atoms with Gasteiger partial charge in [0.05, 0.1) is 10.6 Å². The third-order valence-electron chi connectivity index (χ3n) is 5.91. The molecule has 0 heterocycles. The van der Waals surface area contributed by atoms with Gasteiger partial charge in [0.2, 0.25) is 11.8 Å². The lowest BCUT2D eigenvalue weighted by molar-refractivity contribution is -0.139. The molecule has 3 rings (SSSR count). The van der Waals surface area contributed by atoms with Gasteiger partial charge in [-0.05, 0) is 56.2 Å². The molecule has 1 N–H and O–H groups in total. The largest absolute Gasteiger partial charge is 0.354 e. The number of hydrogen-bond donors (Lipinski definition) is 1. The summed E-state index contributed by atoms with van der Waals surface area (Å²) in [4.78, 5) is 27.8. The van der Waals surface area contributed by atoms with E-state index >= 15 is 0 Å². The molecule has 1 atom stereocenters. The van der Waals surface area contributed by atoms with Crippen molar-refractivity contribution in [2.75, 3.05) is 17.4 Å². The van der Waals surface area contributed by atoms with Crippen molar-refractivity contribution in [3.8, 4) is 0 Å². The standard InChI is InChI=1S/C28H32FN3O4S/c1-4-17-30-28(34)22(3)31(19-23-12-8-9-16-26(23)29)27(33)20-32(24-13-10-11-21(2)18-24)37(35,36)25-14-6-5-7-15-25/h5-16,18,22H,4,17,19-20H2,1-3H3,(H,30,34)/t22-/m1/s1. The molecule has 3 aromatic rings. The summed E-state index contributed by atoms with van der Waals surface area (Å²) in [7, 11) is -4.13. The number of benzene rings is 3. The Morgan fingerprint density at radius 2 is 1.65 bits per heavy atom. The maximum absolute atomic E-state index is 14.5. The van der Waals surface area contributed by atoms with Crippen molar-refractivity contribution >= 4 is 27.5 Å². The van der Waals surface area contributed by atoms with E-state index in [9.17, 15) is 22.4 Å². The Morgan fingerprint density at radius 3 is 2.30 bits per heavy atom. The van der Waals surface area contributed by atoms with E-state index in [4.69, 9.17) is 0 Å². The van der Waals surface area contributed by atoms with Gasteiger partial charge in [0.15, 0.2) is 0 Å². The molecule has 0 radical (unpaired) electrons. The highest BCUT2D eigenvalue weighted by Crippen LogP contribution is 2.25. The third-order valence-corrected chi connectivity index (χ3v) is 7.70. The van der Waals surface area contributed by atoms with Gasteiger partial charge in [-0.15, -0.1) is 0 Å². The summed E-state index contributed by atoms with van der Waals surface area (Å²) in [5.41, 5.74) is 1.35. The van der Waals surface area contributed by atoms with Crippen molar-refractivity contribution in [1.82, 2.24) is 10.2 Å². The van der Waals surface area contributed by atoms with Gasteiger partial charge in [-0.3, -0.25) is 13.9 Å². The minimum Gasteiger partial charge on any atom is -0.354 e. The van der Waals surface area contributed by atoms with E-state index in [1.165, 1.54) is 35.2 Å². The lowest BCUT2D eigenvalue weighted by Gasteiger charge is -2.32. The Labute approximate surface area is 218 Å². The fraction of sp³-hybridized carbons (Fsp3) is 0.286. The fourth-order valence-corrected chi connectivity index (χ4v) is 5.25. The molecule has 0 aromatic heterocycles. The molecule has 0 saturated heterocycles. The molecule has 9 heteroatoms. The maximum atomic E-state index is 14.5. The number of rotatable bonds is 11. The van der Waals surface area contributed by atoms with E-state index in [2.05, 4.69) is 5.32 Å². The Kier molecular flexibility index (Phi) is 9.41. The van der Waals surface area contributed by atoms with Crippen LogP contribution in [0.5, 0.6) is 0 Å². The van der Waals surface area contributed by atoms with Crippen LogP contribution in [0.2, 0.25) is 0 Å². The Balaban J connectivity index is 2.02. The van der Waals surface area contributed by atoms with Gasteiger partial charge in [0.1, 0.15) is 18.4 Å². The van der Waals surface area contributed by atoms with Crippen LogP contribution in [0.1, 0.15) is 31.4 Å². The van der Waals surface area contributed by atoms with Crippen LogP contribution in [0.3, 0.4) is 0 Å². The van der Waals surface area contributed by atoms with E-state index in [1.807, 2.05) is 19.9 Å². The number of hydrogen-bond acceptors (Lipinski definition) is 4. The lowest BCUT2D eigenvalue weighted by atomic mass is 10.1. The molecule has 0 aliphatic rings. The zero-order valence-corrected chi connectivity index (χ0v) is 22.0. The molecular formula is C28H32FN3O4S. The van der Waals surface area contributed by atoms with E-state index < -0.39 is 40.2 Å². The SMILES string of the molecule is CCCNC(=O)[C@@H](C)N(Cc1ccccc1F)C(=O)CN(c1cccc(C)c1)S(=O)(=O)c1ccccc1. The molecule has 2 amide bonds. The number of nitrogens with one attached hydrogen (secondary N) is 1. The third kappa shape index (κ3) is 6.95. The second-order valence-corrected chi connectivity index (χ2v) is 10.6. The Bertz CT molecular complexity index is 1330. The number of anilines is 1. The molecule has 0 aliphatic carbocycles. The van der Waals surface area contributed by atoms with Gasteiger partial charge < -0.3 is 10.2 Å². The average molecular weight is 526 g/mol. The molecule has 3 aromatic carbocycles. The second kappa shape index (κ2) is 12.5. The molecule has 7 nitrogen and oxygen atoms in total. The first-order chi connectivity index (χ1) is 17.6. The van der Waals surface area contributed by atoms with Gasteiger partial charge >= 0.3 is 0 Å².